The summed E-state index contributed by atoms with van der Waals surface area (Å²) in [5.74, 6) is 0.731. The second-order valence-electron chi connectivity index (χ2n) is 4.90. The molecule has 2 aromatic rings. The molecule has 1 heterocycles. The summed E-state index contributed by atoms with van der Waals surface area (Å²) in [4.78, 5) is 4.35. The predicted molar refractivity (Wildman–Crippen MR) is 75.9 cm³/mol. The lowest BCUT2D eigenvalue weighted by atomic mass is 10.1. The zero-order valence-corrected chi connectivity index (χ0v) is 12.1. The van der Waals surface area contributed by atoms with Gasteiger partial charge in [-0.15, -0.1) is 0 Å². The summed E-state index contributed by atoms with van der Waals surface area (Å²) in [5, 5.41) is 7.30. The first-order valence-corrected chi connectivity index (χ1v) is 6.96. The molecule has 20 heavy (non-hydrogen) atoms. The Bertz CT molecular complexity index is 548. The van der Waals surface area contributed by atoms with Gasteiger partial charge < -0.3 is 9.84 Å². The second-order valence-corrected chi connectivity index (χ2v) is 4.90. The van der Waals surface area contributed by atoms with E-state index in [1.165, 1.54) is 12.1 Å². The van der Waals surface area contributed by atoms with E-state index in [1.54, 1.807) is 0 Å². The van der Waals surface area contributed by atoms with Gasteiger partial charge in [0.05, 0.1) is 0 Å². The van der Waals surface area contributed by atoms with Gasteiger partial charge in [0.25, 0.3) is 0 Å². The highest BCUT2D eigenvalue weighted by molar-refractivity contribution is 5.55. The van der Waals surface area contributed by atoms with Crippen molar-refractivity contribution in [3.05, 3.63) is 35.5 Å². The summed E-state index contributed by atoms with van der Waals surface area (Å²) in [6.45, 7) is 6.92. The topological polar surface area (TPSA) is 51.0 Å². The molecule has 0 saturated heterocycles. The number of aryl methyl sites for hydroxylation is 1. The quantitative estimate of drug-likeness (QED) is 0.881. The van der Waals surface area contributed by atoms with E-state index in [1.807, 2.05) is 13.0 Å². The van der Waals surface area contributed by atoms with Gasteiger partial charge in [0.1, 0.15) is 5.82 Å². The molecule has 0 amide bonds. The molecule has 1 atom stereocenters. The number of halogens is 1. The molecule has 0 spiro atoms. The summed E-state index contributed by atoms with van der Waals surface area (Å²) >= 11 is 0. The third kappa shape index (κ3) is 3.63. The van der Waals surface area contributed by atoms with Crippen LogP contribution in [0.15, 0.2) is 22.7 Å². The fourth-order valence-corrected chi connectivity index (χ4v) is 2.18. The van der Waals surface area contributed by atoms with Crippen LogP contribution in [0.25, 0.3) is 11.4 Å². The van der Waals surface area contributed by atoms with Gasteiger partial charge in [0.2, 0.25) is 11.7 Å². The van der Waals surface area contributed by atoms with Gasteiger partial charge >= 0.3 is 0 Å². The van der Waals surface area contributed by atoms with Crippen molar-refractivity contribution in [2.45, 2.75) is 39.7 Å². The van der Waals surface area contributed by atoms with Crippen molar-refractivity contribution in [2.75, 3.05) is 6.54 Å². The number of nitrogens with zero attached hydrogens (tertiary/aromatic N) is 2. The number of benzene rings is 1. The molecule has 2 rings (SSSR count). The van der Waals surface area contributed by atoms with Crippen LogP contribution in [0.5, 0.6) is 0 Å². The van der Waals surface area contributed by atoms with Gasteiger partial charge in [-0.1, -0.05) is 19.0 Å². The largest absolute Gasteiger partial charge is 0.339 e. The zero-order valence-electron chi connectivity index (χ0n) is 12.1. The minimum atomic E-state index is -0.287. The maximum atomic E-state index is 13.4. The number of likely N-dealkylation sites (N-methyl/N-ethyl adjacent to an activating group) is 1. The minimum absolute atomic E-state index is 0.287. The Hall–Kier alpha value is -1.75. The SMILES string of the molecule is CCNC(CC)Cc1nc(-c2cc(C)cc(F)c2)no1. The Balaban J connectivity index is 2.15. The molecular weight excluding hydrogens is 257 g/mol. The van der Waals surface area contributed by atoms with Crippen molar-refractivity contribution in [2.24, 2.45) is 0 Å². The molecule has 1 unspecified atom stereocenters. The summed E-state index contributed by atoms with van der Waals surface area (Å²) in [6.07, 6.45) is 1.68. The normalized spacial score (nSPS) is 12.6. The van der Waals surface area contributed by atoms with E-state index in [0.29, 0.717) is 29.7 Å². The minimum Gasteiger partial charge on any atom is -0.339 e. The van der Waals surface area contributed by atoms with Gasteiger partial charge in [-0.05, 0) is 43.7 Å². The van der Waals surface area contributed by atoms with E-state index in [9.17, 15) is 4.39 Å². The second kappa shape index (κ2) is 6.61. The molecule has 4 nitrogen and oxygen atoms in total. The average Bonchev–Trinajstić information content (AvgIpc) is 2.85. The van der Waals surface area contributed by atoms with Gasteiger partial charge in [0, 0.05) is 18.0 Å². The molecule has 108 valence electrons. The molecule has 0 saturated carbocycles. The van der Waals surface area contributed by atoms with E-state index in [4.69, 9.17) is 4.52 Å². The Labute approximate surface area is 118 Å². The molecular formula is C15H20FN3O. The fourth-order valence-electron chi connectivity index (χ4n) is 2.18. The first-order valence-electron chi connectivity index (χ1n) is 6.96. The molecule has 1 N–H and O–H groups in total. The lowest BCUT2D eigenvalue weighted by molar-refractivity contribution is 0.355. The molecule has 0 aliphatic rings. The zero-order chi connectivity index (χ0) is 14.5. The van der Waals surface area contributed by atoms with Crippen LogP contribution in [0, 0.1) is 12.7 Å². The monoisotopic (exact) mass is 277 g/mol. The van der Waals surface area contributed by atoms with Gasteiger partial charge in [-0.25, -0.2) is 4.39 Å². The first kappa shape index (κ1) is 14.7. The van der Waals surface area contributed by atoms with Crippen LogP contribution in [-0.2, 0) is 6.42 Å². The molecule has 1 aromatic carbocycles. The third-order valence-electron chi connectivity index (χ3n) is 3.18. The van der Waals surface area contributed by atoms with Crippen LogP contribution in [0.4, 0.5) is 4.39 Å². The highest BCUT2D eigenvalue weighted by Gasteiger charge is 2.14. The highest BCUT2D eigenvalue weighted by Crippen LogP contribution is 2.19. The standard InChI is InChI=1S/C15H20FN3O/c1-4-13(17-5-2)9-14-18-15(19-20-14)11-6-10(3)7-12(16)8-11/h6-8,13,17H,4-5,9H2,1-3H3. The van der Waals surface area contributed by atoms with Crippen LogP contribution in [0.3, 0.4) is 0 Å². The average molecular weight is 277 g/mol. The molecule has 1 aromatic heterocycles. The molecule has 0 aliphatic carbocycles. The van der Waals surface area contributed by atoms with Crippen LogP contribution >= 0.6 is 0 Å². The van der Waals surface area contributed by atoms with Crippen LogP contribution in [0.1, 0.15) is 31.7 Å². The van der Waals surface area contributed by atoms with Crippen LogP contribution in [-0.4, -0.2) is 22.7 Å². The Kier molecular flexibility index (Phi) is 4.84. The Morgan fingerprint density at radius 1 is 1.30 bits per heavy atom. The molecule has 0 radical (unpaired) electrons. The Morgan fingerprint density at radius 3 is 2.75 bits per heavy atom. The summed E-state index contributed by atoms with van der Waals surface area (Å²) < 4.78 is 18.6. The van der Waals surface area contributed by atoms with Crippen molar-refractivity contribution >= 4 is 0 Å². The van der Waals surface area contributed by atoms with Crippen LogP contribution < -0.4 is 5.32 Å². The lowest BCUT2D eigenvalue weighted by Gasteiger charge is -2.12. The molecule has 0 bridgehead atoms. The van der Waals surface area contributed by atoms with E-state index in [0.717, 1.165) is 18.5 Å². The van der Waals surface area contributed by atoms with Gasteiger partial charge in [0.15, 0.2) is 0 Å². The van der Waals surface area contributed by atoms with Gasteiger partial charge in [-0.2, -0.15) is 4.98 Å². The van der Waals surface area contributed by atoms with E-state index >= 15 is 0 Å². The van der Waals surface area contributed by atoms with Crippen molar-refractivity contribution in [3.8, 4) is 11.4 Å². The van der Waals surface area contributed by atoms with Gasteiger partial charge in [-0.3, -0.25) is 0 Å². The van der Waals surface area contributed by atoms with Crippen molar-refractivity contribution in [3.63, 3.8) is 0 Å². The third-order valence-corrected chi connectivity index (χ3v) is 3.18. The molecule has 5 heteroatoms. The number of nitrogens with one attached hydrogen (secondary N) is 1. The van der Waals surface area contributed by atoms with E-state index in [2.05, 4.69) is 29.3 Å². The summed E-state index contributed by atoms with van der Waals surface area (Å²) in [7, 11) is 0. The summed E-state index contributed by atoms with van der Waals surface area (Å²) in [5.41, 5.74) is 1.49. The maximum Gasteiger partial charge on any atom is 0.228 e. The molecule has 0 aliphatic heterocycles. The van der Waals surface area contributed by atoms with Crippen LogP contribution in [0.2, 0.25) is 0 Å². The van der Waals surface area contributed by atoms with E-state index in [-0.39, 0.29) is 5.82 Å². The first-order chi connectivity index (χ1) is 9.62. The number of hydrogen-bond acceptors (Lipinski definition) is 4. The van der Waals surface area contributed by atoms with E-state index < -0.39 is 0 Å². The highest BCUT2D eigenvalue weighted by atomic mass is 19.1. The van der Waals surface area contributed by atoms with Crippen molar-refractivity contribution in [1.82, 2.24) is 15.5 Å². The smallest absolute Gasteiger partial charge is 0.228 e. The number of aromatic nitrogens is 2. The fraction of sp³-hybridized carbons (Fsp3) is 0.467. The number of hydrogen-bond donors (Lipinski definition) is 1. The Morgan fingerprint density at radius 2 is 2.10 bits per heavy atom. The lowest BCUT2D eigenvalue weighted by Crippen LogP contribution is -2.30. The number of rotatable bonds is 6. The molecule has 0 fully saturated rings. The summed E-state index contributed by atoms with van der Waals surface area (Å²) in [6, 6.07) is 5.06. The maximum absolute atomic E-state index is 13.4. The predicted octanol–water partition coefficient (Wildman–Crippen LogP) is 3.11. The van der Waals surface area contributed by atoms with Crippen molar-refractivity contribution < 1.29 is 8.91 Å². The van der Waals surface area contributed by atoms with Crippen molar-refractivity contribution in [1.29, 1.82) is 0 Å².